The predicted octanol–water partition coefficient (Wildman–Crippen LogP) is 0.574. The number of fused-ring (bicyclic) bond motifs is 3. The van der Waals surface area contributed by atoms with E-state index < -0.39 is 21.4 Å². The van der Waals surface area contributed by atoms with Crippen LogP contribution in [0.4, 0.5) is 0 Å². The van der Waals surface area contributed by atoms with Gasteiger partial charge in [-0.05, 0) is 37.0 Å². The Hall–Kier alpha value is 0.0900. The van der Waals surface area contributed by atoms with Crippen LogP contribution in [0.15, 0.2) is 0 Å². The summed E-state index contributed by atoms with van der Waals surface area (Å²) >= 11 is 0. The van der Waals surface area contributed by atoms with E-state index in [1.54, 1.807) is 0 Å². The monoisotopic (exact) mass is 379 g/mol. The van der Waals surface area contributed by atoms with Crippen LogP contribution in [0, 0.1) is 0 Å². The van der Waals surface area contributed by atoms with Gasteiger partial charge in [0.15, 0.2) is 5.97 Å². The van der Waals surface area contributed by atoms with Crippen LogP contribution in [-0.2, 0) is 13.7 Å². The van der Waals surface area contributed by atoms with Crippen molar-refractivity contribution < 1.29 is 18.5 Å². The van der Waals surface area contributed by atoms with Crippen LogP contribution in [0.5, 0.6) is 0 Å². The van der Waals surface area contributed by atoms with Gasteiger partial charge in [-0.25, -0.2) is 0 Å². The van der Waals surface area contributed by atoms with E-state index in [0.717, 1.165) is 78.3 Å². The van der Waals surface area contributed by atoms with Gasteiger partial charge in [-0.3, -0.25) is 14.0 Å². The maximum Gasteiger partial charge on any atom is 0.516 e. The fourth-order valence-corrected chi connectivity index (χ4v) is 7.18. The summed E-state index contributed by atoms with van der Waals surface area (Å²) in [6.07, 6.45) is 2.15. The van der Waals surface area contributed by atoms with Crippen molar-refractivity contribution in [2.45, 2.75) is 18.8 Å². The third-order valence-electron chi connectivity index (χ3n) is 4.98. The lowest BCUT2D eigenvalue weighted by atomic mass is 10.2. The Bertz CT molecular complexity index is 495. The summed E-state index contributed by atoms with van der Waals surface area (Å²) < 4.78 is 28.9. The van der Waals surface area contributed by atoms with Gasteiger partial charge in [-0.15, -0.1) is 0 Å². The second-order valence-electron chi connectivity index (χ2n) is 6.83. The normalized spacial score (nSPS) is 40.0. The van der Waals surface area contributed by atoms with Crippen LogP contribution >= 0.6 is 15.4 Å². The van der Waals surface area contributed by atoms with Crippen LogP contribution in [0.25, 0.3) is 0 Å². The topological polar surface area (TPSA) is 88.6 Å². The fourth-order valence-electron chi connectivity index (χ4n) is 3.56. The summed E-state index contributed by atoms with van der Waals surface area (Å²) in [5, 5.41) is 3.50. The van der Waals surface area contributed by atoms with Crippen molar-refractivity contribution in [1.29, 1.82) is 0 Å². The number of nitrogens with one attached hydrogen (secondary N) is 1. The molecule has 0 aromatic rings. The van der Waals surface area contributed by atoms with E-state index in [9.17, 15) is 9.13 Å². The summed E-state index contributed by atoms with van der Waals surface area (Å²) in [5.41, 5.74) is 0. The van der Waals surface area contributed by atoms with E-state index in [1.807, 2.05) is 0 Å². The molecule has 3 heterocycles. The molecule has 2 bridgehead atoms. The van der Waals surface area contributed by atoms with Crippen molar-refractivity contribution >= 4 is 15.4 Å². The molecule has 0 radical (unpaired) electrons. The van der Waals surface area contributed by atoms with E-state index in [-0.39, 0.29) is 5.90 Å². The Labute approximate surface area is 144 Å². The minimum atomic E-state index is -2.91. The van der Waals surface area contributed by atoms with Gasteiger partial charge in [0.05, 0.1) is 0 Å². The minimum absolute atomic E-state index is 0.203. The molecule has 24 heavy (non-hydrogen) atoms. The summed E-state index contributed by atoms with van der Waals surface area (Å²) in [6.45, 7) is 9.99. The highest BCUT2D eigenvalue weighted by Crippen LogP contribution is 2.73. The van der Waals surface area contributed by atoms with Gasteiger partial charge in [0.2, 0.25) is 0 Å². The maximum atomic E-state index is 12.5. The standard InChI is InChI=1S/C14H28N4O4P2/c19-23(20)13-24(21)14(22-24)18-7-2-6-16-8-4-15-3-1-5-17(10-9-16)11-12-18/h14-15H,1-13H2/p+1. The van der Waals surface area contributed by atoms with Crippen molar-refractivity contribution in [3.8, 4) is 0 Å². The van der Waals surface area contributed by atoms with Crippen LogP contribution in [-0.4, -0.2) is 96.9 Å². The third-order valence-corrected chi connectivity index (χ3v) is 8.98. The summed E-state index contributed by atoms with van der Waals surface area (Å²) in [6, 6.07) is 0. The third kappa shape index (κ3) is 5.29. The predicted molar refractivity (Wildman–Crippen MR) is 93.7 cm³/mol. The molecule has 3 fully saturated rings. The zero-order chi connectivity index (χ0) is 17.0. The molecule has 5 atom stereocenters. The molecule has 3 saturated heterocycles. The number of nitrogens with zero attached hydrogens (tertiary/aromatic N) is 3. The number of rotatable bonds is 3. The number of hydrogen-bond donors (Lipinski definition) is 2. The van der Waals surface area contributed by atoms with Crippen molar-refractivity contribution in [2.75, 3.05) is 71.4 Å². The Morgan fingerprint density at radius 3 is 2.50 bits per heavy atom. The zero-order valence-corrected chi connectivity index (χ0v) is 16.0. The fraction of sp³-hybridized carbons (Fsp3) is 1.00. The molecule has 8 nitrogen and oxygen atoms in total. The first-order chi connectivity index (χ1) is 11.6. The molecule has 138 valence electrons. The molecular formula is C14H29N4O4P2+. The zero-order valence-electron chi connectivity index (χ0n) is 14.2. The second kappa shape index (κ2) is 8.65. The van der Waals surface area contributed by atoms with E-state index >= 15 is 0 Å². The highest BCUT2D eigenvalue weighted by atomic mass is 31.2. The lowest BCUT2D eigenvalue weighted by Gasteiger charge is -2.33. The van der Waals surface area contributed by atoms with Crippen LogP contribution < -0.4 is 5.32 Å². The lowest BCUT2D eigenvalue weighted by Crippen LogP contribution is -2.46. The van der Waals surface area contributed by atoms with Crippen LogP contribution in [0.3, 0.4) is 0 Å². The van der Waals surface area contributed by atoms with E-state index in [4.69, 9.17) is 9.42 Å². The van der Waals surface area contributed by atoms with E-state index in [1.165, 1.54) is 0 Å². The van der Waals surface area contributed by atoms with Crippen LogP contribution in [0.2, 0.25) is 0 Å². The quantitative estimate of drug-likeness (QED) is 0.544. The molecule has 2 N–H and O–H groups in total. The first-order valence-corrected chi connectivity index (χ1v) is 12.1. The summed E-state index contributed by atoms with van der Waals surface area (Å²) in [5.74, 6) is -0.640. The maximum absolute atomic E-state index is 12.5. The Balaban J connectivity index is 1.61. The molecule has 0 saturated carbocycles. The largest absolute Gasteiger partial charge is 0.516 e. The summed E-state index contributed by atoms with van der Waals surface area (Å²) in [7, 11) is -5.32. The molecule has 3 aliphatic rings. The molecule has 0 aromatic carbocycles. The first kappa shape index (κ1) is 18.9. The molecule has 0 aromatic heterocycles. The molecule has 0 spiro atoms. The molecule has 5 unspecified atom stereocenters. The molecule has 0 aliphatic carbocycles. The van der Waals surface area contributed by atoms with Gasteiger partial charge in [0.1, 0.15) is 0 Å². The van der Waals surface area contributed by atoms with Gasteiger partial charge in [0, 0.05) is 45.8 Å². The van der Waals surface area contributed by atoms with Gasteiger partial charge >= 0.3 is 8.03 Å². The average Bonchev–Trinajstić information content (AvgIpc) is 3.20. The Morgan fingerprint density at radius 2 is 1.71 bits per heavy atom. The Morgan fingerprint density at radius 1 is 1.00 bits per heavy atom. The molecule has 3 rings (SSSR count). The first-order valence-electron chi connectivity index (χ1n) is 8.87. The van der Waals surface area contributed by atoms with Gasteiger partial charge in [0.25, 0.3) is 13.3 Å². The Kier molecular flexibility index (Phi) is 6.80. The van der Waals surface area contributed by atoms with Crippen molar-refractivity contribution in [3.63, 3.8) is 0 Å². The molecule has 3 aliphatic heterocycles. The van der Waals surface area contributed by atoms with Crippen molar-refractivity contribution in [1.82, 2.24) is 20.0 Å². The minimum Gasteiger partial charge on any atom is -0.315 e. The highest BCUT2D eigenvalue weighted by molar-refractivity contribution is 7.73. The van der Waals surface area contributed by atoms with E-state index in [2.05, 4.69) is 20.0 Å². The molecule has 0 amide bonds. The number of hydrogen-bond acceptors (Lipinski definition) is 7. The lowest BCUT2D eigenvalue weighted by molar-refractivity contribution is 0.114. The van der Waals surface area contributed by atoms with Gasteiger partial charge in [-0.2, -0.15) is 4.89 Å². The van der Waals surface area contributed by atoms with Gasteiger partial charge < -0.3 is 15.1 Å². The van der Waals surface area contributed by atoms with Crippen molar-refractivity contribution in [2.24, 2.45) is 0 Å². The van der Waals surface area contributed by atoms with Crippen LogP contribution in [0.1, 0.15) is 12.8 Å². The summed E-state index contributed by atoms with van der Waals surface area (Å²) in [4.78, 5) is 16.1. The molecular weight excluding hydrogens is 350 g/mol. The highest BCUT2D eigenvalue weighted by Gasteiger charge is 2.60. The second-order valence-corrected chi connectivity index (χ2v) is 10.8. The van der Waals surface area contributed by atoms with Gasteiger partial charge in [-0.1, -0.05) is 0 Å². The average molecular weight is 379 g/mol. The van der Waals surface area contributed by atoms with E-state index in [0.29, 0.717) is 0 Å². The van der Waals surface area contributed by atoms with Crippen molar-refractivity contribution in [3.05, 3.63) is 0 Å². The SMILES string of the molecule is O=[P+](O)CP1(=O)OC1N1CCCN2CCNCCCN(CC2)CC1. The molecule has 10 heteroatoms. The smallest absolute Gasteiger partial charge is 0.315 e.